The second-order valence-corrected chi connectivity index (χ2v) is 10.0. The third-order valence-electron chi connectivity index (χ3n) is 4.59. The Morgan fingerprint density at radius 2 is 1.12 bits per heavy atom. The summed E-state index contributed by atoms with van der Waals surface area (Å²) in [5.41, 5.74) is -0.831. The monoisotopic (exact) mass is 514 g/mol. The third-order valence-corrected chi connectivity index (χ3v) is 7.34. The number of anilines is 2. The van der Waals surface area contributed by atoms with Crippen LogP contribution in [0.3, 0.4) is 0 Å². The van der Waals surface area contributed by atoms with Crippen LogP contribution in [0.15, 0.2) is 64.4 Å². The zero-order valence-electron chi connectivity index (χ0n) is 18.1. The minimum Gasteiger partial charge on any atom is -0.495 e. The number of methoxy groups -OCH3 is 3. The van der Waals surface area contributed by atoms with Crippen molar-refractivity contribution in [3.63, 3.8) is 0 Å². The highest BCUT2D eigenvalue weighted by Gasteiger charge is 2.26. The van der Waals surface area contributed by atoms with Gasteiger partial charge in [-0.15, -0.1) is 0 Å². The molecule has 3 rings (SSSR count). The zero-order chi connectivity index (χ0) is 25.1. The first kappa shape index (κ1) is 25.1. The van der Waals surface area contributed by atoms with Crippen LogP contribution in [0.1, 0.15) is 0 Å². The number of rotatable bonds is 9. The molecule has 0 aliphatic carbocycles. The summed E-state index contributed by atoms with van der Waals surface area (Å²) in [6, 6.07) is 10.6. The topological polar surface area (TPSA) is 120 Å². The van der Waals surface area contributed by atoms with Crippen molar-refractivity contribution < 1.29 is 39.8 Å². The molecule has 0 amide bonds. The van der Waals surface area contributed by atoms with Crippen molar-refractivity contribution in [3.8, 4) is 17.2 Å². The molecule has 0 saturated carbocycles. The Balaban J connectivity index is 2.03. The second kappa shape index (κ2) is 9.73. The molecule has 34 heavy (non-hydrogen) atoms. The number of hydrogen-bond donors (Lipinski definition) is 2. The molecule has 0 aliphatic heterocycles. The lowest BCUT2D eigenvalue weighted by Crippen LogP contribution is -2.18. The van der Waals surface area contributed by atoms with Gasteiger partial charge in [-0.2, -0.15) is 0 Å². The van der Waals surface area contributed by atoms with E-state index in [4.69, 9.17) is 14.2 Å². The molecule has 3 aromatic carbocycles. The van der Waals surface area contributed by atoms with Gasteiger partial charge in [0.15, 0.2) is 23.1 Å². The molecule has 182 valence electrons. The predicted octanol–water partition coefficient (Wildman–Crippen LogP) is 3.59. The normalized spacial score (nSPS) is 11.6. The van der Waals surface area contributed by atoms with Gasteiger partial charge in [-0.05, 0) is 42.5 Å². The Bertz CT molecular complexity index is 1430. The van der Waals surface area contributed by atoms with Crippen molar-refractivity contribution in [1.29, 1.82) is 0 Å². The largest absolute Gasteiger partial charge is 0.495 e. The molecule has 0 saturated heterocycles. The minimum atomic E-state index is -4.53. The molecular weight excluding hydrogens is 494 g/mol. The van der Waals surface area contributed by atoms with Crippen LogP contribution >= 0.6 is 0 Å². The highest BCUT2D eigenvalue weighted by atomic mass is 32.2. The van der Waals surface area contributed by atoms with Gasteiger partial charge in [0.05, 0.1) is 37.6 Å². The molecule has 0 fully saturated rings. The van der Waals surface area contributed by atoms with Gasteiger partial charge in [-0.25, -0.2) is 25.6 Å². The second-order valence-electron chi connectivity index (χ2n) is 6.67. The first-order valence-corrected chi connectivity index (χ1v) is 12.4. The summed E-state index contributed by atoms with van der Waals surface area (Å²) in [4.78, 5) is -1.10. The van der Waals surface area contributed by atoms with Gasteiger partial charge >= 0.3 is 0 Å². The lowest BCUT2D eigenvalue weighted by Gasteiger charge is -2.15. The van der Waals surface area contributed by atoms with Gasteiger partial charge in [-0.1, -0.05) is 12.1 Å². The Labute approximate surface area is 195 Å². The molecule has 0 spiro atoms. The fraction of sp³-hybridized carbons (Fsp3) is 0.143. The van der Waals surface area contributed by atoms with E-state index < -0.39 is 52.8 Å². The average Bonchev–Trinajstić information content (AvgIpc) is 2.81. The van der Waals surface area contributed by atoms with Crippen LogP contribution in [0.25, 0.3) is 0 Å². The molecule has 3 aromatic rings. The van der Waals surface area contributed by atoms with Crippen LogP contribution in [0.4, 0.5) is 20.2 Å². The van der Waals surface area contributed by atoms with Crippen molar-refractivity contribution in [1.82, 2.24) is 0 Å². The number of ether oxygens (including phenoxy) is 3. The van der Waals surface area contributed by atoms with E-state index in [2.05, 4.69) is 9.44 Å². The fourth-order valence-corrected chi connectivity index (χ4v) is 5.35. The molecule has 0 aromatic heterocycles. The van der Waals surface area contributed by atoms with Crippen molar-refractivity contribution in [2.24, 2.45) is 0 Å². The summed E-state index contributed by atoms with van der Waals surface area (Å²) in [5.74, 6) is -2.52. The van der Waals surface area contributed by atoms with Crippen LogP contribution in [-0.2, 0) is 20.0 Å². The third kappa shape index (κ3) is 4.99. The molecule has 9 nitrogen and oxygen atoms in total. The molecule has 0 aliphatic rings. The summed E-state index contributed by atoms with van der Waals surface area (Å²) in [6.07, 6.45) is 0. The van der Waals surface area contributed by atoms with E-state index in [0.717, 1.165) is 24.3 Å². The summed E-state index contributed by atoms with van der Waals surface area (Å²) < 4.78 is 99.5. The van der Waals surface area contributed by atoms with Crippen LogP contribution in [-0.4, -0.2) is 38.2 Å². The Morgan fingerprint density at radius 1 is 0.647 bits per heavy atom. The quantitative estimate of drug-likeness (QED) is 0.448. The highest BCUT2D eigenvalue weighted by molar-refractivity contribution is 7.93. The summed E-state index contributed by atoms with van der Waals surface area (Å²) in [5, 5.41) is 0. The number of benzene rings is 3. The number of sulfonamides is 2. The van der Waals surface area contributed by atoms with Gasteiger partial charge in [-0.3, -0.25) is 9.44 Å². The van der Waals surface area contributed by atoms with E-state index in [1.54, 1.807) is 0 Å². The first-order chi connectivity index (χ1) is 16.0. The van der Waals surface area contributed by atoms with E-state index in [1.165, 1.54) is 51.7 Å². The van der Waals surface area contributed by atoms with Gasteiger partial charge in [0.25, 0.3) is 20.0 Å². The van der Waals surface area contributed by atoms with Crippen LogP contribution in [0, 0.1) is 11.6 Å². The number of halogens is 2. The molecule has 0 unspecified atom stereocenters. The molecule has 2 N–H and O–H groups in total. The number of nitrogens with one attached hydrogen (secondary N) is 2. The lowest BCUT2D eigenvalue weighted by molar-refractivity contribution is 0.387. The zero-order valence-corrected chi connectivity index (χ0v) is 19.8. The predicted molar refractivity (Wildman–Crippen MR) is 121 cm³/mol. The Kier molecular flexibility index (Phi) is 7.17. The standard InChI is InChI=1S/C21H20F2N2O7S2/c1-30-16-11-10-13(33(26,27)24-14-6-4-8-17(31-2)20(14)22)12-19(16)34(28,29)25-15-7-5-9-18(32-3)21(15)23/h4-12,24-25H,1-3H3. The van der Waals surface area contributed by atoms with E-state index in [9.17, 15) is 25.6 Å². The van der Waals surface area contributed by atoms with Crippen LogP contribution < -0.4 is 23.7 Å². The Morgan fingerprint density at radius 3 is 1.59 bits per heavy atom. The maximum atomic E-state index is 14.5. The van der Waals surface area contributed by atoms with Crippen LogP contribution in [0.2, 0.25) is 0 Å². The minimum absolute atomic E-state index is 0.192. The van der Waals surface area contributed by atoms with Gasteiger partial charge in [0.1, 0.15) is 10.6 Å². The fourth-order valence-electron chi connectivity index (χ4n) is 2.93. The first-order valence-electron chi connectivity index (χ1n) is 9.42. The molecule has 0 radical (unpaired) electrons. The maximum Gasteiger partial charge on any atom is 0.265 e. The molecule has 0 bridgehead atoms. The lowest BCUT2D eigenvalue weighted by atomic mass is 10.3. The maximum absolute atomic E-state index is 14.5. The molecule has 0 atom stereocenters. The van der Waals surface area contributed by atoms with Crippen molar-refractivity contribution in [3.05, 3.63) is 66.2 Å². The van der Waals surface area contributed by atoms with E-state index in [-0.39, 0.29) is 17.2 Å². The highest BCUT2D eigenvalue weighted by Crippen LogP contribution is 2.32. The average molecular weight is 515 g/mol. The SMILES string of the molecule is COc1ccc(S(=O)(=O)Nc2cccc(OC)c2F)cc1S(=O)(=O)Nc1cccc(OC)c1F. The van der Waals surface area contributed by atoms with Crippen molar-refractivity contribution in [2.45, 2.75) is 9.79 Å². The van der Waals surface area contributed by atoms with Gasteiger partial charge < -0.3 is 14.2 Å². The van der Waals surface area contributed by atoms with E-state index in [1.807, 2.05) is 0 Å². The number of hydrogen-bond acceptors (Lipinski definition) is 7. The summed E-state index contributed by atoms with van der Waals surface area (Å²) >= 11 is 0. The molecular formula is C21H20F2N2O7S2. The summed E-state index contributed by atoms with van der Waals surface area (Å²) in [7, 11) is -5.37. The summed E-state index contributed by atoms with van der Waals surface area (Å²) in [6.45, 7) is 0. The smallest absolute Gasteiger partial charge is 0.265 e. The van der Waals surface area contributed by atoms with Crippen LogP contribution in [0.5, 0.6) is 17.2 Å². The molecule has 0 heterocycles. The van der Waals surface area contributed by atoms with E-state index in [0.29, 0.717) is 0 Å². The van der Waals surface area contributed by atoms with Gasteiger partial charge in [0.2, 0.25) is 0 Å². The van der Waals surface area contributed by atoms with Crippen molar-refractivity contribution >= 4 is 31.4 Å². The van der Waals surface area contributed by atoms with E-state index >= 15 is 0 Å². The van der Waals surface area contributed by atoms with Gasteiger partial charge in [0, 0.05) is 0 Å². The Hall–Kier alpha value is -3.58. The molecule has 13 heteroatoms. The van der Waals surface area contributed by atoms with Crippen molar-refractivity contribution in [2.75, 3.05) is 30.8 Å².